The topological polar surface area (TPSA) is 7.76 Å². The first kappa shape index (κ1) is 13.5. The van der Waals surface area contributed by atoms with Crippen LogP contribution in [0.25, 0.3) is 11.0 Å². The van der Waals surface area contributed by atoms with Crippen LogP contribution in [-0.2, 0) is 14.1 Å². The summed E-state index contributed by atoms with van der Waals surface area (Å²) in [5.74, 6) is 0. The van der Waals surface area contributed by atoms with Crippen LogP contribution in [-0.4, -0.2) is 0 Å². The zero-order valence-electron chi connectivity index (χ0n) is 11.5. The van der Waals surface area contributed by atoms with E-state index in [4.69, 9.17) is 0 Å². The molecule has 100 valence electrons. The lowest BCUT2D eigenvalue weighted by Gasteiger charge is -2.00. The predicted octanol–water partition coefficient (Wildman–Crippen LogP) is 3.11. The zero-order chi connectivity index (χ0) is 13.9. The van der Waals surface area contributed by atoms with Crippen LogP contribution in [0.3, 0.4) is 0 Å². The van der Waals surface area contributed by atoms with Gasteiger partial charge in [-0.05, 0) is 17.0 Å². The molecule has 0 amide bonds. The van der Waals surface area contributed by atoms with Gasteiger partial charge in [-0.3, -0.25) is 0 Å². The molecule has 0 atom stereocenters. The van der Waals surface area contributed by atoms with Gasteiger partial charge in [0.15, 0.2) is 24.8 Å². The van der Waals surface area contributed by atoms with Crippen LogP contribution in [0.1, 0.15) is 11.1 Å². The lowest BCUT2D eigenvalue weighted by atomic mass is 10.3. The minimum atomic E-state index is 1.24. The van der Waals surface area contributed by atoms with Gasteiger partial charge in [-0.1, -0.05) is 23.5 Å². The minimum absolute atomic E-state index is 1.24. The molecule has 0 saturated heterocycles. The first-order valence-electron chi connectivity index (χ1n) is 6.38. The summed E-state index contributed by atoms with van der Waals surface area (Å²) in [6, 6.07) is 8.58. The molecule has 0 spiro atoms. The van der Waals surface area contributed by atoms with Crippen LogP contribution < -0.4 is 9.13 Å². The summed E-state index contributed by atoms with van der Waals surface area (Å²) in [5, 5.41) is 2.23. The van der Waals surface area contributed by atoms with E-state index in [2.05, 4.69) is 65.1 Å². The summed E-state index contributed by atoms with van der Waals surface area (Å²) >= 11 is 3.63. The quantitative estimate of drug-likeness (QED) is 0.787. The zero-order valence-corrected chi connectivity index (χ0v) is 13.1. The number of hydrogen-bond donors (Lipinski definition) is 0. The molecule has 0 N–H and O–H groups in total. The average molecular weight is 300 g/mol. The highest BCUT2D eigenvalue weighted by molar-refractivity contribution is 8.31. The van der Waals surface area contributed by atoms with E-state index in [1.807, 2.05) is 30.4 Å². The molecule has 3 rings (SSSR count). The van der Waals surface area contributed by atoms with Crippen molar-refractivity contribution in [2.45, 2.75) is 0 Å². The number of rotatable bonds is 2. The van der Waals surface area contributed by atoms with Gasteiger partial charge in [-0.25, -0.2) is 9.13 Å². The molecule has 1 aliphatic heterocycles. The molecular weight excluding hydrogens is 284 g/mol. The largest absolute Gasteiger partial charge is 0.208 e. The Balaban J connectivity index is 1.75. The highest BCUT2D eigenvalue weighted by Gasteiger charge is 2.14. The Morgan fingerprint density at radius 3 is 2.15 bits per heavy atom. The van der Waals surface area contributed by atoms with Gasteiger partial charge in [0.2, 0.25) is 0 Å². The number of thioether (sulfide) groups is 2. The second-order valence-electron chi connectivity index (χ2n) is 4.71. The maximum atomic E-state index is 2.24. The molecule has 0 radical (unpaired) electrons. The van der Waals surface area contributed by atoms with Gasteiger partial charge in [-0.15, -0.1) is 0 Å². The van der Waals surface area contributed by atoms with Crippen LogP contribution in [0, 0.1) is 0 Å². The third-order valence-corrected chi connectivity index (χ3v) is 5.33. The first-order chi connectivity index (χ1) is 9.70. The van der Waals surface area contributed by atoms with Crippen molar-refractivity contribution in [3.05, 3.63) is 69.8 Å². The summed E-state index contributed by atoms with van der Waals surface area (Å²) in [6.07, 6.45) is 10.5. The Hall–Kier alpha value is -1.52. The lowest BCUT2D eigenvalue weighted by Crippen LogP contribution is -2.25. The maximum absolute atomic E-state index is 2.24. The number of aryl methyl sites for hydroxylation is 2. The van der Waals surface area contributed by atoms with Gasteiger partial charge in [0.05, 0.1) is 0 Å². The van der Waals surface area contributed by atoms with E-state index in [-0.39, 0.29) is 0 Å². The van der Waals surface area contributed by atoms with E-state index in [0.717, 1.165) is 0 Å². The second-order valence-corrected chi connectivity index (χ2v) is 6.97. The van der Waals surface area contributed by atoms with Crippen LogP contribution in [0.4, 0.5) is 0 Å². The molecule has 0 aliphatic carbocycles. The predicted molar refractivity (Wildman–Crippen MR) is 86.4 cm³/mol. The van der Waals surface area contributed by atoms with E-state index in [0.29, 0.717) is 0 Å². The van der Waals surface area contributed by atoms with Crippen molar-refractivity contribution < 1.29 is 9.13 Å². The Kier molecular flexibility index (Phi) is 3.94. The number of aromatic nitrogens is 2. The molecule has 4 heteroatoms. The normalized spacial score (nSPS) is 16.5. The van der Waals surface area contributed by atoms with Gasteiger partial charge >= 0.3 is 0 Å². The molecule has 0 bridgehead atoms. The molecule has 1 aliphatic rings. The number of nitrogens with zero attached hydrogens (tertiary/aromatic N) is 2. The molecule has 0 aromatic carbocycles. The third kappa shape index (κ3) is 3.14. The van der Waals surface area contributed by atoms with Gasteiger partial charge in [-0.2, -0.15) is 0 Å². The van der Waals surface area contributed by atoms with Crippen molar-refractivity contribution in [3.63, 3.8) is 0 Å². The van der Waals surface area contributed by atoms with Crippen LogP contribution >= 0.6 is 23.5 Å². The average Bonchev–Trinajstić information content (AvgIpc) is 2.91. The lowest BCUT2D eigenvalue weighted by molar-refractivity contribution is -0.671. The molecule has 20 heavy (non-hydrogen) atoms. The Morgan fingerprint density at radius 1 is 0.900 bits per heavy atom. The molecule has 2 nitrogen and oxygen atoms in total. The van der Waals surface area contributed by atoms with Crippen molar-refractivity contribution >= 4 is 34.5 Å². The summed E-state index contributed by atoms with van der Waals surface area (Å²) in [6.45, 7) is 0. The van der Waals surface area contributed by atoms with E-state index in [1.165, 1.54) is 20.3 Å². The van der Waals surface area contributed by atoms with Crippen molar-refractivity contribution in [2.24, 2.45) is 14.1 Å². The molecule has 0 unspecified atom stereocenters. The summed E-state index contributed by atoms with van der Waals surface area (Å²) in [7, 11) is 4.07. The Labute approximate surface area is 127 Å². The minimum Gasteiger partial charge on any atom is -0.208 e. The van der Waals surface area contributed by atoms with Gasteiger partial charge < -0.3 is 0 Å². The summed E-state index contributed by atoms with van der Waals surface area (Å²) < 4.78 is 5.42. The van der Waals surface area contributed by atoms with Crippen LogP contribution in [0.5, 0.6) is 0 Å². The van der Waals surface area contributed by atoms with E-state index >= 15 is 0 Å². The van der Waals surface area contributed by atoms with E-state index in [9.17, 15) is 0 Å². The standard InChI is InChI=1S/C16H16N2S2/c1-17-7-3-13(4-8-17)11-16-19-12-15(20-16)14-5-9-18(2)10-6-14/h3-12H,1-2H3/q+2/b16-11-. The molecular formula is C16H16N2S2+2. The highest BCUT2D eigenvalue weighted by Crippen LogP contribution is 2.48. The van der Waals surface area contributed by atoms with Crippen molar-refractivity contribution in [2.75, 3.05) is 0 Å². The summed E-state index contributed by atoms with van der Waals surface area (Å²) in [4.78, 5) is 1.32. The molecule has 0 saturated carbocycles. The molecule has 2 aromatic rings. The fourth-order valence-corrected chi connectivity index (χ4v) is 4.04. The Bertz CT molecular complexity index is 671. The van der Waals surface area contributed by atoms with Gasteiger partial charge in [0.25, 0.3) is 0 Å². The SMILES string of the molecule is C[n+]1ccc(/C=C2/SC=C(c3cc[n+](C)cc3)S2)cc1. The fraction of sp³-hybridized carbons (Fsp3) is 0.125. The Morgan fingerprint density at radius 2 is 1.50 bits per heavy atom. The van der Waals surface area contributed by atoms with E-state index in [1.54, 1.807) is 11.8 Å². The molecule has 2 aromatic heterocycles. The van der Waals surface area contributed by atoms with Crippen LogP contribution in [0.15, 0.2) is 58.7 Å². The number of hydrogen-bond acceptors (Lipinski definition) is 2. The maximum Gasteiger partial charge on any atom is 0.169 e. The van der Waals surface area contributed by atoms with E-state index < -0.39 is 0 Å². The fourth-order valence-electron chi connectivity index (χ4n) is 1.87. The van der Waals surface area contributed by atoms with Crippen molar-refractivity contribution in [1.29, 1.82) is 0 Å². The third-order valence-electron chi connectivity index (χ3n) is 3.04. The van der Waals surface area contributed by atoms with Gasteiger partial charge in [0, 0.05) is 39.0 Å². The van der Waals surface area contributed by atoms with Crippen molar-refractivity contribution in [3.8, 4) is 0 Å². The number of pyridine rings is 2. The molecule has 3 heterocycles. The second kappa shape index (κ2) is 5.85. The summed E-state index contributed by atoms with van der Waals surface area (Å²) in [5.41, 5.74) is 2.52. The van der Waals surface area contributed by atoms with Gasteiger partial charge in [0.1, 0.15) is 14.1 Å². The smallest absolute Gasteiger partial charge is 0.169 e. The monoisotopic (exact) mass is 300 g/mol. The van der Waals surface area contributed by atoms with Crippen molar-refractivity contribution in [1.82, 2.24) is 0 Å². The molecule has 0 fully saturated rings. The highest BCUT2D eigenvalue weighted by atomic mass is 32.2. The van der Waals surface area contributed by atoms with Crippen LogP contribution in [0.2, 0.25) is 0 Å². The first-order valence-corrected chi connectivity index (χ1v) is 8.08.